The van der Waals surface area contributed by atoms with Crippen LogP contribution >= 0.6 is 11.9 Å². The summed E-state index contributed by atoms with van der Waals surface area (Å²) in [6, 6.07) is 8.56. The van der Waals surface area contributed by atoms with E-state index in [-0.39, 0.29) is 0 Å². The monoisotopic (exact) mass is 174 g/mol. The maximum Gasteiger partial charge on any atom is 0.548 e. The molecule has 0 saturated carbocycles. The first-order chi connectivity index (χ1) is 5.38. The van der Waals surface area contributed by atoms with Gasteiger partial charge in [0.05, 0.1) is 0 Å². The van der Waals surface area contributed by atoms with E-state index in [4.69, 9.17) is 11.9 Å². The van der Waals surface area contributed by atoms with E-state index in [1.165, 1.54) is 0 Å². The average molecular weight is 174 g/mol. The van der Waals surface area contributed by atoms with Crippen LogP contribution in [0.3, 0.4) is 0 Å². The summed E-state index contributed by atoms with van der Waals surface area (Å²) >= 11 is 4.94. The van der Waals surface area contributed by atoms with Crippen molar-refractivity contribution in [1.82, 2.24) is 0 Å². The molecule has 0 aromatic heterocycles. The molecule has 1 aromatic rings. The highest BCUT2D eigenvalue weighted by Crippen LogP contribution is 1.95. The van der Waals surface area contributed by atoms with Crippen molar-refractivity contribution in [3.63, 3.8) is 0 Å². The SMILES string of the molecule is FOB(OCl)c1ccccc1. The lowest BCUT2D eigenvalue weighted by atomic mass is 9.80. The molecule has 11 heavy (non-hydrogen) atoms. The van der Waals surface area contributed by atoms with Crippen LogP contribution in [0.1, 0.15) is 0 Å². The minimum Gasteiger partial charge on any atom is -0.300 e. The Labute approximate surface area is 69.1 Å². The molecular weight excluding hydrogens is 169 g/mol. The molecule has 0 spiro atoms. The maximum absolute atomic E-state index is 11.6. The Hall–Kier alpha value is -0.575. The molecule has 0 radical (unpaired) electrons. The molecule has 0 fully saturated rings. The molecule has 1 aromatic carbocycles. The highest BCUT2D eigenvalue weighted by molar-refractivity contribution is 6.64. The van der Waals surface area contributed by atoms with E-state index in [2.05, 4.69) is 9.07 Å². The van der Waals surface area contributed by atoms with Crippen molar-refractivity contribution in [2.45, 2.75) is 0 Å². The Morgan fingerprint density at radius 3 is 2.36 bits per heavy atom. The van der Waals surface area contributed by atoms with Crippen molar-refractivity contribution in [1.29, 1.82) is 0 Å². The smallest absolute Gasteiger partial charge is 0.300 e. The Bertz CT molecular complexity index is 205. The van der Waals surface area contributed by atoms with E-state index in [0.29, 0.717) is 5.46 Å². The third-order valence-corrected chi connectivity index (χ3v) is 1.40. The van der Waals surface area contributed by atoms with Gasteiger partial charge < -0.3 is 4.21 Å². The van der Waals surface area contributed by atoms with Gasteiger partial charge >= 0.3 is 7.12 Å². The van der Waals surface area contributed by atoms with Gasteiger partial charge in [0.25, 0.3) is 0 Å². The van der Waals surface area contributed by atoms with Gasteiger partial charge in [0.2, 0.25) is 0 Å². The first-order valence-electron chi connectivity index (χ1n) is 2.98. The second-order valence-electron chi connectivity index (χ2n) is 1.92. The lowest BCUT2D eigenvalue weighted by Gasteiger charge is -2.01. The number of halogens is 2. The highest BCUT2D eigenvalue weighted by Gasteiger charge is 2.21. The van der Waals surface area contributed by atoms with Crippen molar-refractivity contribution >= 4 is 24.4 Å². The number of hydrogen-bond acceptors (Lipinski definition) is 2. The molecule has 1 rings (SSSR count). The minimum absolute atomic E-state index is 0.532. The molecule has 0 N–H and O–H groups in total. The third-order valence-electron chi connectivity index (χ3n) is 1.23. The van der Waals surface area contributed by atoms with Gasteiger partial charge in [0, 0.05) is 11.9 Å². The molecule has 5 heteroatoms. The molecule has 2 nitrogen and oxygen atoms in total. The predicted octanol–water partition coefficient (Wildman–Crippen LogP) is 1.45. The van der Waals surface area contributed by atoms with Gasteiger partial charge in [-0.05, 0) is 5.46 Å². The van der Waals surface area contributed by atoms with Crippen LogP contribution in [-0.4, -0.2) is 7.12 Å². The Morgan fingerprint density at radius 1 is 1.27 bits per heavy atom. The van der Waals surface area contributed by atoms with E-state index in [9.17, 15) is 4.53 Å². The maximum atomic E-state index is 11.6. The Kier molecular flexibility index (Phi) is 3.36. The minimum atomic E-state index is -1.14. The van der Waals surface area contributed by atoms with Gasteiger partial charge in [-0.15, -0.1) is 0 Å². The van der Waals surface area contributed by atoms with Crippen molar-refractivity contribution in [3.8, 4) is 0 Å². The van der Waals surface area contributed by atoms with Gasteiger partial charge in [-0.1, -0.05) is 34.9 Å². The first-order valence-corrected chi connectivity index (χ1v) is 3.29. The molecule has 0 unspecified atom stereocenters. The fourth-order valence-corrected chi connectivity index (χ4v) is 0.857. The molecule has 0 heterocycles. The number of rotatable bonds is 3. The Morgan fingerprint density at radius 2 is 1.91 bits per heavy atom. The molecule has 0 aliphatic heterocycles. The average Bonchev–Trinajstić information content (AvgIpc) is 2.09. The van der Waals surface area contributed by atoms with Crippen molar-refractivity contribution in [2.24, 2.45) is 0 Å². The third kappa shape index (κ3) is 2.18. The quantitative estimate of drug-likeness (QED) is 0.646. The van der Waals surface area contributed by atoms with Crippen LogP contribution in [0.4, 0.5) is 4.53 Å². The van der Waals surface area contributed by atoms with E-state index in [1.54, 1.807) is 30.3 Å². The van der Waals surface area contributed by atoms with Crippen LogP contribution in [0.2, 0.25) is 0 Å². The molecule has 0 atom stereocenters. The van der Waals surface area contributed by atoms with Crippen LogP contribution in [0.25, 0.3) is 0 Å². The second kappa shape index (κ2) is 4.33. The molecule has 58 valence electrons. The van der Waals surface area contributed by atoms with E-state index in [0.717, 1.165) is 0 Å². The normalized spacial score (nSPS) is 9.64. The summed E-state index contributed by atoms with van der Waals surface area (Å²) in [6.45, 7) is 0. The van der Waals surface area contributed by atoms with Gasteiger partial charge in [0.1, 0.15) is 0 Å². The molecule has 0 aliphatic rings. The molecule has 0 bridgehead atoms. The summed E-state index contributed by atoms with van der Waals surface area (Å²) in [5.41, 5.74) is 0.532. The van der Waals surface area contributed by atoms with E-state index < -0.39 is 7.12 Å². The van der Waals surface area contributed by atoms with Crippen molar-refractivity contribution in [3.05, 3.63) is 30.3 Å². The zero-order valence-corrected chi connectivity index (χ0v) is 6.29. The van der Waals surface area contributed by atoms with Crippen LogP contribution in [-0.2, 0) is 9.07 Å². The van der Waals surface area contributed by atoms with Crippen molar-refractivity contribution < 1.29 is 13.6 Å². The van der Waals surface area contributed by atoms with Crippen LogP contribution in [0.5, 0.6) is 0 Å². The Balaban J connectivity index is 2.74. The molecular formula is C6H5BClFO2. The van der Waals surface area contributed by atoms with Crippen LogP contribution < -0.4 is 5.46 Å². The standard InChI is InChI=1S/C6H5BClFO2/c8-10-7(11-9)6-4-2-1-3-5-6/h1-5H. The zero-order valence-electron chi connectivity index (χ0n) is 5.54. The summed E-state index contributed by atoms with van der Waals surface area (Å²) in [5.74, 6) is 0. The van der Waals surface area contributed by atoms with Gasteiger partial charge in [0.15, 0.2) is 0 Å². The van der Waals surface area contributed by atoms with E-state index in [1.807, 2.05) is 0 Å². The molecule has 0 aliphatic carbocycles. The first kappa shape index (κ1) is 8.52. The summed E-state index contributed by atoms with van der Waals surface area (Å²) in [6.07, 6.45) is 0. The largest absolute Gasteiger partial charge is 0.548 e. The summed E-state index contributed by atoms with van der Waals surface area (Å²) < 4.78 is 15.8. The lowest BCUT2D eigenvalue weighted by Crippen LogP contribution is -2.31. The lowest BCUT2D eigenvalue weighted by molar-refractivity contribution is -0.0236. The van der Waals surface area contributed by atoms with Crippen LogP contribution in [0, 0.1) is 0 Å². The fraction of sp³-hybridized carbons (Fsp3) is 0. The molecule has 0 saturated heterocycles. The summed E-state index contributed by atoms with van der Waals surface area (Å²) in [4.78, 5) is 3.43. The van der Waals surface area contributed by atoms with Gasteiger partial charge in [-0.25, -0.2) is 4.86 Å². The van der Waals surface area contributed by atoms with Crippen molar-refractivity contribution in [2.75, 3.05) is 0 Å². The number of hydrogen-bond donors (Lipinski definition) is 0. The highest BCUT2D eigenvalue weighted by atomic mass is 35.5. The fourth-order valence-electron chi connectivity index (χ4n) is 0.727. The van der Waals surface area contributed by atoms with Gasteiger partial charge in [-0.3, -0.25) is 0 Å². The summed E-state index contributed by atoms with van der Waals surface area (Å²) in [5, 5.41) is 0. The predicted molar refractivity (Wildman–Crippen MR) is 41.0 cm³/mol. The van der Waals surface area contributed by atoms with Gasteiger partial charge in [-0.2, -0.15) is 0 Å². The number of benzene rings is 1. The zero-order chi connectivity index (χ0) is 8.10. The second-order valence-corrected chi connectivity index (χ2v) is 2.10. The molecule has 0 amide bonds. The van der Waals surface area contributed by atoms with E-state index >= 15 is 0 Å². The topological polar surface area (TPSA) is 18.5 Å². The van der Waals surface area contributed by atoms with Crippen LogP contribution in [0.15, 0.2) is 30.3 Å². The summed E-state index contributed by atoms with van der Waals surface area (Å²) in [7, 11) is -1.14.